The molecule has 2 N–H and O–H groups in total. The van der Waals surface area contributed by atoms with Gasteiger partial charge in [0.15, 0.2) is 0 Å². The molecule has 0 radical (unpaired) electrons. The maximum absolute atomic E-state index is 10.8. The van der Waals surface area contributed by atoms with E-state index in [4.69, 9.17) is 4.52 Å². The molecule has 1 heterocycles. The lowest BCUT2D eigenvalue weighted by Crippen LogP contribution is -2.64. The van der Waals surface area contributed by atoms with Gasteiger partial charge in [0.1, 0.15) is 5.76 Å². The van der Waals surface area contributed by atoms with Crippen LogP contribution in [0.2, 0.25) is 0 Å². The van der Waals surface area contributed by atoms with Crippen LogP contribution < -0.4 is 5.32 Å². The second-order valence-corrected chi connectivity index (χ2v) is 9.02. The summed E-state index contributed by atoms with van der Waals surface area (Å²) in [7, 11) is 0. The third kappa shape index (κ3) is 2.54. The fourth-order valence-electron chi connectivity index (χ4n) is 6.51. The van der Waals surface area contributed by atoms with Crippen LogP contribution in [0.15, 0.2) is 10.6 Å². The molecule has 5 aliphatic rings. The van der Waals surface area contributed by atoms with Gasteiger partial charge in [0.05, 0.1) is 11.3 Å². The molecule has 0 saturated heterocycles. The Hall–Kier alpha value is -0.870. The third-order valence-electron chi connectivity index (χ3n) is 7.01. The van der Waals surface area contributed by atoms with Crippen LogP contribution in [0.4, 0.5) is 0 Å². The minimum absolute atomic E-state index is 0.144. The van der Waals surface area contributed by atoms with Gasteiger partial charge in [-0.1, -0.05) is 18.0 Å². The van der Waals surface area contributed by atoms with Crippen molar-refractivity contribution in [3.63, 3.8) is 0 Å². The minimum Gasteiger partial charge on any atom is -0.390 e. The van der Waals surface area contributed by atoms with Crippen molar-refractivity contribution in [1.29, 1.82) is 0 Å². The first-order valence-corrected chi connectivity index (χ1v) is 9.54. The summed E-state index contributed by atoms with van der Waals surface area (Å²) < 4.78 is 5.60. The zero-order chi connectivity index (χ0) is 15.5. The summed E-state index contributed by atoms with van der Waals surface area (Å²) >= 11 is 0. The largest absolute Gasteiger partial charge is 0.390 e. The predicted octanol–water partition coefficient (Wildman–Crippen LogP) is 3.51. The highest BCUT2D eigenvalue weighted by Gasteiger charge is 2.56. The molecule has 1 aromatic rings. The molecule has 5 fully saturated rings. The average molecular weight is 316 g/mol. The zero-order valence-corrected chi connectivity index (χ0v) is 13.9. The summed E-state index contributed by atoms with van der Waals surface area (Å²) in [4.78, 5) is 0. The second kappa shape index (κ2) is 5.06. The van der Waals surface area contributed by atoms with Crippen molar-refractivity contribution in [3.8, 4) is 0 Å². The highest BCUT2D eigenvalue weighted by atomic mass is 16.5. The maximum Gasteiger partial charge on any atom is 0.140 e. The van der Waals surface area contributed by atoms with Crippen molar-refractivity contribution in [2.45, 2.75) is 87.8 Å². The fraction of sp³-hybridized carbons (Fsp3) is 0.842. The quantitative estimate of drug-likeness (QED) is 0.892. The van der Waals surface area contributed by atoms with Crippen LogP contribution in [0, 0.1) is 11.8 Å². The van der Waals surface area contributed by atoms with Crippen molar-refractivity contribution >= 4 is 0 Å². The van der Waals surface area contributed by atoms with E-state index in [9.17, 15) is 5.11 Å². The van der Waals surface area contributed by atoms with E-state index in [1.165, 1.54) is 44.9 Å². The highest BCUT2D eigenvalue weighted by molar-refractivity contribution is 5.15. The summed E-state index contributed by atoms with van der Waals surface area (Å²) in [6.07, 6.45) is 11.9. The van der Waals surface area contributed by atoms with Crippen molar-refractivity contribution in [1.82, 2.24) is 10.5 Å². The number of nitrogens with zero attached hydrogens (tertiary/aromatic N) is 1. The molecule has 0 spiro atoms. The normalized spacial score (nSPS) is 42.7. The third-order valence-corrected chi connectivity index (χ3v) is 7.01. The maximum atomic E-state index is 10.8. The molecular weight excluding hydrogens is 288 g/mol. The van der Waals surface area contributed by atoms with E-state index in [1.54, 1.807) is 0 Å². The van der Waals surface area contributed by atoms with E-state index < -0.39 is 5.60 Å². The summed E-state index contributed by atoms with van der Waals surface area (Å²) in [5.41, 5.74) is 0.788. The molecule has 2 atom stereocenters. The van der Waals surface area contributed by atoms with Crippen molar-refractivity contribution in [3.05, 3.63) is 17.5 Å². The minimum atomic E-state index is -0.393. The van der Waals surface area contributed by atoms with Gasteiger partial charge >= 0.3 is 0 Å². The van der Waals surface area contributed by atoms with Crippen LogP contribution in [0.3, 0.4) is 0 Å². The Balaban J connectivity index is 1.27. The van der Waals surface area contributed by atoms with Gasteiger partial charge in [0.2, 0.25) is 0 Å². The van der Waals surface area contributed by atoms with Gasteiger partial charge in [-0.25, -0.2) is 0 Å². The van der Waals surface area contributed by atoms with E-state index in [-0.39, 0.29) is 5.54 Å². The summed E-state index contributed by atoms with van der Waals surface area (Å²) in [5.74, 6) is 3.13. The second-order valence-electron chi connectivity index (χ2n) is 9.02. The number of aliphatic hydroxyl groups is 1. The molecular formula is C19H28N2O2. The molecule has 0 aromatic carbocycles. The van der Waals surface area contributed by atoms with Gasteiger partial charge in [-0.15, -0.1) is 0 Å². The fourth-order valence-corrected chi connectivity index (χ4v) is 6.51. The van der Waals surface area contributed by atoms with E-state index in [2.05, 4.69) is 16.5 Å². The monoisotopic (exact) mass is 316 g/mol. The Bertz CT molecular complexity index is 576. The molecule has 4 bridgehead atoms. The first-order valence-electron chi connectivity index (χ1n) is 9.54. The van der Waals surface area contributed by atoms with Gasteiger partial charge in [-0.2, -0.15) is 0 Å². The Kier molecular flexibility index (Phi) is 3.18. The predicted molar refractivity (Wildman–Crippen MR) is 86.9 cm³/mol. The summed E-state index contributed by atoms with van der Waals surface area (Å²) in [6, 6.07) is 2.16. The van der Waals surface area contributed by atoms with Crippen LogP contribution in [0.1, 0.15) is 81.6 Å². The molecule has 4 heteroatoms. The van der Waals surface area contributed by atoms with Gasteiger partial charge in [-0.05, 0) is 63.2 Å². The molecule has 0 amide bonds. The number of nitrogens with one attached hydrogen (secondary N) is 1. The van der Waals surface area contributed by atoms with Crippen molar-refractivity contribution < 1.29 is 9.63 Å². The van der Waals surface area contributed by atoms with Gasteiger partial charge in [0, 0.05) is 24.1 Å². The number of hydrogen-bond acceptors (Lipinski definition) is 4. The van der Waals surface area contributed by atoms with Crippen LogP contribution >= 0.6 is 0 Å². The number of aromatic nitrogens is 1. The van der Waals surface area contributed by atoms with Crippen LogP contribution in [-0.4, -0.2) is 21.4 Å². The standard InChI is InChI=1S/C19H28N2O2/c22-19-9-13-5-14(10-19)8-18(7-13,12-19)20-11-16-6-17(23-21-16)15-3-1-2-4-15/h6,13-15,20,22H,1-5,7-12H2. The van der Waals surface area contributed by atoms with Crippen LogP contribution in [-0.2, 0) is 6.54 Å². The molecule has 5 aliphatic carbocycles. The Morgan fingerprint density at radius 1 is 1.17 bits per heavy atom. The lowest BCUT2D eigenvalue weighted by atomic mass is 9.51. The lowest BCUT2D eigenvalue weighted by molar-refractivity contribution is -0.142. The first kappa shape index (κ1) is 14.5. The highest BCUT2D eigenvalue weighted by Crippen LogP contribution is 2.57. The Morgan fingerprint density at radius 3 is 2.61 bits per heavy atom. The average Bonchev–Trinajstić information content (AvgIpc) is 3.14. The molecule has 23 heavy (non-hydrogen) atoms. The molecule has 5 saturated carbocycles. The Labute approximate surface area is 138 Å². The topological polar surface area (TPSA) is 58.3 Å². The van der Waals surface area contributed by atoms with Crippen LogP contribution in [0.5, 0.6) is 0 Å². The molecule has 4 nitrogen and oxygen atoms in total. The molecule has 2 unspecified atom stereocenters. The summed E-state index contributed by atoms with van der Waals surface area (Å²) in [5, 5.41) is 18.9. The van der Waals surface area contributed by atoms with E-state index >= 15 is 0 Å². The van der Waals surface area contributed by atoms with E-state index in [0.29, 0.717) is 5.92 Å². The molecule has 6 rings (SSSR count). The number of hydrogen-bond donors (Lipinski definition) is 2. The van der Waals surface area contributed by atoms with Gasteiger partial charge in [-0.3, -0.25) is 0 Å². The smallest absolute Gasteiger partial charge is 0.140 e. The van der Waals surface area contributed by atoms with Crippen molar-refractivity contribution in [2.24, 2.45) is 11.8 Å². The van der Waals surface area contributed by atoms with Crippen molar-refractivity contribution in [2.75, 3.05) is 0 Å². The molecule has 126 valence electrons. The molecule has 0 aliphatic heterocycles. The van der Waals surface area contributed by atoms with E-state index in [1.807, 2.05) is 0 Å². The first-order chi connectivity index (χ1) is 11.1. The zero-order valence-electron chi connectivity index (χ0n) is 13.9. The van der Waals surface area contributed by atoms with E-state index in [0.717, 1.165) is 49.1 Å². The molecule has 1 aromatic heterocycles. The lowest BCUT2D eigenvalue weighted by Gasteiger charge is -2.60. The van der Waals surface area contributed by atoms with Gasteiger partial charge in [0.25, 0.3) is 0 Å². The number of rotatable bonds is 4. The van der Waals surface area contributed by atoms with Gasteiger partial charge < -0.3 is 14.9 Å². The SMILES string of the molecule is OC12CC3CC(C1)CC(NCc1cc(C4CCCC4)on1)(C3)C2. The van der Waals surface area contributed by atoms with Crippen LogP contribution in [0.25, 0.3) is 0 Å². The summed E-state index contributed by atoms with van der Waals surface area (Å²) in [6.45, 7) is 0.783. The Morgan fingerprint density at radius 2 is 1.91 bits per heavy atom.